The van der Waals surface area contributed by atoms with E-state index >= 15 is 0 Å². The first-order valence-electron chi connectivity index (χ1n) is 6.39. The van der Waals surface area contributed by atoms with Crippen molar-refractivity contribution in [3.8, 4) is 5.75 Å². The molecule has 6 nitrogen and oxygen atoms in total. The van der Waals surface area contributed by atoms with Crippen LogP contribution in [0.2, 0.25) is 5.02 Å². The molecular formula is C15H12BrClO6. The number of rotatable bonds is 6. The van der Waals surface area contributed by atoms with Crippen LogP contribution in [0.4, 0.5) is 0 Å². The summed E-state index contributed by atoms with van der Waals surface area (Å²) >= 11 is 9.09. The molecule has 0 spiro atoms. The van der Waals surface area contributed by atoms with Crippen LogP contribution >= 0.6 is 27.5 Å². The Hall–Kier alpha value is -1.99. The molecule has 0 aliphatic carbocycles. The number of halogens is 2. The van der Waals surface area contributed by atoms with Gasteiger partial charge < -0.3 is 18.6 Å². The van der Waals surface area contributed by atoms with E-state index in [0.717, 1.165) is 0 Å². The first-order chi connectivity index (χ1) is 11.0. The van der Waals surface area contributed by atoms with Gasteiger partial charge in [-0.1, -0.05) is 11.6 Å². The smallest absolute Gasteiger partial charge is 0.344 e. The van der Waals surface area contributed by atoms with Crippen molar-refractivity contribution < 1.29 is 28.2 Å². The van der Waals surface area contributed by atoms with Crippen LogP contribution in [0.5, 0.6) is 5.75 Å². The van der Waals surface area contributed by atoms with Gasteiger partial charge in [0.25, 0.3) is 0 Å². The third kappa shape index (κ3) is 4.74. The summed E-state index contributed by atoms with van der Waals surface area (Å²) in [6, 6.07) is 6.35. The molecule has 0 aliphatic rings. The molecule has 0 fully saturated rings. The monoisotopic (exact) mass is 402 g/mol. The van der Waals surface area contributed by atoms with E-state index < -0.39 is 11.9 Å². The highest BCUT2D eigenvalue weighted by Gasteiger charge is 2.17. The van der Waals surface area contributed by atoms with Crippen molar-refractivity contribution in [2.24, 2.45) is 0 Å². The Bertz CT molecular complexity index is 712. The van der Waals surface area contributed by atoms with Crippen LogP contribution in [0.15, 0.2) is 39.4 Å². The molecule has 1 heterocycles. The maximum absolute atomic E-state index is 11.7. The predicted octanol–water partition coefficient (Wildman–Crippen LogP) is 3.60. The number of hydrogen-bond donors (Lipinski definition) is 0. The van der Waals surface area contributed by atoms with Crippen LogP contribution in [-0.2, 0) is 20.9 Å². The van der Waals surface area contributed by atoms with Crippen molar-refractivity contribution in [1.29, 1.82) is 0 Å². The lowest BCUT2D eigenvalue weighted by Crippen LogP contribution is -2.15. The molecule has 0 saturated carbocycles. The molecule has 0 unspecified atom stereocenters. The van der Waals surface area contributed by atoms with Crippen LogP contribution < -0.4 is 4.74 Å². The summed E-state index contributed by atoms with van der Waals surface area (Å²) in [6.45, 7) is -0.490. The van der Waals surface area contributed by atoms with Crippen molar-refractivity contribution in [3.63, 3.8) is 0 Å². The van der Waals surface area contributed by atoms with Gasteiger partial charge >= 0.3 is 11.9 Å². The van der Waals surface area contributed by atoms with Gasteiger partial charge in [0, 0.05) is 5.02 Å². The fourth-order valence-electron chi connectivity index (χ4n) is 1.66. The van der Waals surface area contributed by atoms with E-state index in [-0.39, 0.29) is 24.5 Å². The highest BCUT2D eigenvalue weighted by atomic mass is 79.9. The molecule has 0 N–H and O–H groups in total. The van der Waals surface area contributed by atoms with E-state index in [1.807, 2.05) is 0 Å². The number of benzene rings is 1. The Morgan fingerprint density at radius 3 is 2.78 bits per heavy atom. The summed E-state index contributed by atoms with van der Waals surface area (Å²) in [5, 5.41) is 0.542. The third-order valence-corrected chi connectivity index (χ3v) is 3.61. The summed E-state index contributed by atoms with van der Waals surface area (Å²) < 4.78 is 20.6. The molecule has 8 heteroatoms. The van der Waals surface area contributed by atoms with E-state index in [0.29, 0.717) is 15.2 Å². The van der Waals surface area contributed by atoms with Crippen molar-refractivity contribution in [2.45, 2.75) is 6.61 Å². The summed E-state index contributed by atoms with van der Waals surface area (Å²) in [6.07, 6.45) is 1.32. The van der Waals surface area contributed by atoms with Crippen molar-refractivity contribution >= 4 is 39.5 Å². The number of furan rings is 1. The second-order valence-electron chi connectivity index (χ2n) is 4.27. The first-order valence-corrected chi connectivity index (χ1v) is 7.56. The van der Waals surface area contributed by atoms with Gasteiger partial charge in [0.1, 0.15) is 17.9 Å². The Morgan fingerprint density at radius 1 is 1.30 bits per heavy atom. The molecule has 0 amide bonds. The molecule has 0 bridgehead atoms. The van der Waals surface area contributed by atoms with Gasteiger partial charge in [-0.05, 0) is 40.2 Å². The van der Waals surface area contributed by atoms with Crippen molar-refractivity contribution in [1.82, 2.24) is 0 Å². The Morgan fingerprint density at radius 2 is 2.09 bits per heavy atom. The van der Waals surface area contributed by atoms with Crippen molar-refractivity contribution in [2.75, 3.05) is 13.7 Å². The van der Waals surface area contributed by atoms with E-state index in [1.165, 1.54) is 19.4 Å². The maximum Gasteiger partial charge on any atom is 0.344 e. The Kier molecular flexibility index (Phi) is 6.06. The topological polar surface area (TPSA) is 75.0 Å². The molecule has 1 aromatic heterocycles. The number of carbonyl (C=O) groups excluding carboxylic acids is 2. The fraction of sp³-hybridized carbons (Fsp3) is 0.200. The van der Waals surface area contributed by atoms with Gasteiger partial charge in [-0.15, -0.1) is 0 Å². The Balaban J connectivity index is 1.86. The highest BCUT2D eigenvalue weighted by molar-refractivity contribution is 9.10. The number of carbonyl (C=O) groups is 2. The predicted molar refractivity (Wildman–Crippen MR) is 84.5 cm³/mol. The summed E-state index contributed by atoms with van der Waals surface area (Å²) in [5.74, 6) is -0.511. The highest BCUT2D eigenvalue weighted by Crippen LogP contribution is 2.27. The van der Waals surface area contributed by atoms with Crippen LogP contribution in [0.25, 0.3) is 0 Å². The third-order valence-electron chi connectivity index (χ3n) is 2.75. The fourth-order valence-corrected chi connectivity index (χ4v) is 2.46. The molecule has 0 aliphatic heterocycles. The summed E-state index contributed by atoms with van der Waals surface area (Å²) in [5.41, 5.74) is 0.210. The number of hydrogen-bond acceptors (Lipinski definition) is 6. The standard InChI is InChI=1S/C15H12BrClO6/c1-20-15(19)10-4-5-21-13(10)7-23-14(18)8-22-12-3-2-9(17)6-11(12)16/h2-6H,7-8H2,1H3. The largest absolute Gasteiger partial charge is 0.481 e. The zero-order chi connectivity index (χ0) is 16.8. The average Bonchev–Trinajstić information content (AvgIpc) is 2.99. The summed E-state index contributed by atoms with van der Waals surface area (Å²) in [4.78, 5) is 23.1. The minimum atomic E-state index is -0.612. The van der Waals surface area contributed by atoms with Gasteiger partial charge in [-0.3, -0.25) is 0 Å². The lowest BCUT2D eigenvalue weighted by molar-refractivity contribution is -0.147. The molecule has 1 aromatic carbocycles. The van der Waals surface area contributed by atoms with Gasteiger partial charge in [0.05, 0.1) is 17.8 Å². The lowest BCUT2D eigenvalue weighted by atomic mass is 10.2. The number of methoxy groups -OCH3 is 1. The minimum absolute atomic E-state index is 0.193. The number of esters is 2. The summed E-state index contributed by atoms with van der Waals surface area (Å²) in [7, 11) is 1.25. The van der Waals surface area contributed by atoms with Gasteiger partial charge in [0.15, 0.2) is 12.4 Å². The molecular weight excluding hydrogens is 392 g/mol. The van der Waals surface area contributed by atoms with Gasteiger partial charge in [0.2, 0.25) is 0 Å². The van der Waals surface area contributed by atoms with Crippen LogP contribution in [0.3, 0.4) is 0 Å². The molecule has 23 heavy (non-hydrogen) atoms. The van der Waals surface area contributed by atoms with E-state index in [2.05, 4.69) is 20.7 Å². The molecule has 0 atom stereocenters. The molecule has 2 aromatic rings. The van der Waals surface area contributed by atoms with Gasteiger partial charge in [-0.25, -0.2) is 9.59 Å². The maximum atomic E-state index is 11.7. The zero-order valence-electron chi connectivity index (χ0n) is 12.0. The number of ether oxygens (including phenoxy) is 3. The van der Waals surface area contributed by atoms with Crippen LogP contribution in [0.1, 0.15) is 16.1 Å². The minimum Gasteiger partial charge on any atom is -0.481 e. The quantitative estimate of drug-likeness (QED) is 0.686. The molecule has 0 saturated heterocycles. The molecule has 122 valence electrons. The molecule has 0 radical (unpaired) electrons. The van der Waals surface area contributed by atoms with E-state index in [4.69, 9.17) is 25.5 Å². The van der Waals surface area contributed by atoms with Gasteiger partial charge in [-0.2, -0.15) is 0 Å². The molecule has 2 rings (SSSR count). The lowest BCUT2D eigenvalue weighted by Gasteiger charge is -2.08. The van der Waals surface area contributed by atoms with E-state index in [1.54, 1.807) is 18.2 Å². The van der Waals surface area contributed by atoms with Crippen LogP contribution in [0, 0.1) is 0 Å². The average molecular weight is 404 g/mol. The van der Waals surface area contributed by atoms with E-state index in [9.17, 15) is 9.59 Å². The second kappa shape index (κ2) is 8.03. The second-order valence-corrected chi connectivity index (χ2v) is 5.56. The van der Waals surface area contributed by atoms with Crippen molar-refractivity contribution in [3.05, 3.63) is 51.3 Å². The van der Waals surface area contributed by atoms with Crippen LogP contribution in [-0.4, -0.2) is 25.7 Å². The normalized spacial score (nSPS) is 10.2. The Labute approximate surface area is 145 Å². The first kappa shape index (κ1) is 17.4. The zero-order valence-corrected chi connectivity index (χ0v) is 14.3. The SMILES string of the molecule is COC(=O)c1ccoc1COC(=O)COc1ccc(Cl)cc1Br.